The molecule has 0 atom stereocenters. The number of hydrogen-bond acceptors (Lipinski definition) is 2. The van der Waals surface area contributed by atoms with Crippen molar-refractivity contribution in [3.8, 4) is 0 Å². The fourth-order valence-corrected chi connectivity index (χ4v) is 1.81. The summed E-state index contributed by atoms with van der Waals surface area (Å²) in [6, 6.07) is 4.87. The lowest BCUT2D eigenvalue weighted by molar-refractivity contribution is -0.140. The fourth-order valence-electron chi connectivity index (χ4n) is 1.81. The number of benzene rings is 1. The van der Waals surface area contributed by atoms with E-state index in [1.807, 2.05) is 6.92 Å². The van der Waals surface area contributed by atoms with E-state index in [1.54, 1.807) is 18.2 Å². The molecule has 0 fully saturated rings. The third kappa shape index (κ3) is 2.02. The van der Waals surface area contributed by atoms with Crippen LogP contribution in [-0.4, -0.2) is 11.1 Å². The third-order valence-corrected chi connectivity index (χ3v) is 2.68. The van der Waals surface area contributed by atoms with E-state index in [1.165, 1.54) is 6.08 Å². The molecule has 1 aromatic heterocycles. The van der Waals surface area contributed by atoms with Crippen LogP contribution in [0.25, 0.3) is 10.9 Å². The lowest BCUT2D eigenvalue weighted by Crippen LogP contribution is -2.05. The number of aliphatic imine (C=N–C) groups is 1. The number of nitrogens with one attached hydrogen (secondary N) is 1. The van der Waals surface area contributed by atoms with E-state index in [4.69, 9.17) is 0 Å². The Morgan fingerprint density at radius 3 is 2.67 bits per heavy atom. The van der Waals surface area contributed by atoms with Gasteiger partial charge in [-0.05, 0) is 24.1 Å². The summed E-state index contributed by atoms with van der Waals surface area (Å²) in [7, 11) is 0. The van der Waals surface area contributed by atoms with Crippen molar-refractivity contribution in [3.05, 3.63) is 29.5 Å². The van der Waals surface area contributed by atoms with E-state index in [-0.39, 0.29) is 5.39 Å². The smallest absolute Gasteiger partial charge is 0.349 e. The van der Waals surface area contributed by atoms with Crippen LogP contribution in [0.3, 0.4) is 0 Å². The molecule has 2 rings (SSSR count). The van der Waals surface area contributed by atoms with Crippen molar-refractivity contribution in [2.45, 2.75) is 19.5 Å². The summed E-state index contributed by atoms with van der Waals surface area (Å²) in [6.07, 6.45) is -2.73. The van der Waals surface area contributed by atoms with Gasteiger partial charge in [0.15, 0.2) is 0 Å². The number of carbonyl (C=O) groups excluding carboxylic acids is 1. The molecule has 2 aromatic rings. The maximum absolute atomic E-state index is 12.8. The Kier molecular flexibility index (Phi) is 2.97. The van der Waals surface area contributed by atoms with Crippen molar-refractivity contribution in [2.75, 3.05) is 0 Å². The molecule has 0 saturated heterocycles. The van der Waals surface area contributed by atoms with Crippen molar-refractivity contribution in [2.24, 2.45) is 4.99 Å². The van der Waals surface area contributed by atoms with Gasteiger partial charge in [-0.2, -0.15) is 18.2 Å². The summed E-state index contributed by atoms with van der Waals surface area (Å²) in [5.74, 6) is 0. The highest BCUT2D eigenvalue weighted by Crippen LogP contribution is 2.40. The minimum atomic E-state index is -4.58. The van der Waals surface area contributed by atoms with E-state index >= 15 is 0 Å². The molecule has 1 aromatic carbocycles. The summed E-state index contributed by atoms with van der Waals surface area (Å²) in [5, 5.41) is 0.282. The summed E-state index contributed by atoms with van der Waals surface area (Å²) in [5.41, 5.74) is -0.247. The molecule has 0 unspecified atom stereocenters. The van der Waals surface area contributed by atoms with Crippen molar-refractivity contribution in [1.29, 1.82) is 0 Å². The molecule has 0 radical (unpaired) electrons. The molecular weight excluding hydrogens is 245 g/mol. The van der Waals surface area contributed by atoms with Gasteiger partial charge in [-0.3, -0.25) is 0 Å². The van der Waals surface area contributed by atoms with Gasteiger partial charge in [0.05, 0.1) is 0 Å². The number of aromatic amines is 1. The molecule has 0 amide bonds. The first-order chi connectivity index (χ1) is 8.47. The highest BCUT2D eigenvalue weighted by molar-refractivity contribution is 5.94. The van der Waals surface area contributed by atoms with Gasteiger partial charge in [-0.1, -0.05) is 13.0 Å². The van der Waals surface area contributed by atoms with Crippen molar-refractivity contribution < 1.29 is 18.0 Å². The molecule has 0 bridgehead atoms. The monoisotopic (exact) mass is 254 g/mol. The van der Waals surface area contributed by atoms with Gasteiger partial charge in [0, 0.05) is 10.9 Å². The number of hydrogen-bond donors (Lipinski definition) is 1. The summed E-state index contributed by atoms with van der Waals surface area (Å²) in [6.45, 7) is 1.89. The third-order valence-electron chi connectivity index (χ3n) is 2.68. The molecule has 18 heavy (non-hydrogen) atoms. The summed E-state index contributed by atoms with van der Waals surface area (Å²) < 4.78 is 38.3. The molecule has 0 aliphatic heterocycles. The summed E-state index contributed by atoms with van der Waals surface area (Å²) >= 11 is 0. The van der Waals surface area contributed by atoms with Gasteiger partial charge >= 0.3 is 6.18 Å². The highest BCUT2D eigenvalue weighted by Gasteiger charge is 2.36. The van der Waals surface area contributed by atoms with Crippen LogP contribution in [0.15, 0.2) is 23.2 Å². The maximum Gasteiger partial charge on any atom is 0.433 e. The van der Waals surface area contributed by atoms with Crippen LogP contribution in [0.4, 0.5) is 18.9 Å². The van der Waals surface area contributed by atoms with Crippen LogP contribution >= 0.6 is 0 Å². The van der Waals surface area contributed by atoms with Crippen LogP contribution in [0.2, 0.25) is 0 Å². The first kappa shape index (κ1) is 12.4. The second kappa shape index (κ2) is 4.31. The number of halogens is 3. The zero-order chi connectivity index (χ0) is 13.3. The number of isocyanates is 1. The van der Waals surface area contributed by atoms with Crippen LogP contribution in [0.5, 0.6) is 0 Å². The summed E-state index contributed by atoms with van der Waals surface area (Å²) in [4.78, 5) is 15.7. The lowest BCUT2D eigenvalue weighted by Gasteiger charge is -2.03. The number of H-pyrrole nitrogens is 1. The molecule has 94 valence electrons. The highest BCUT2D eigenvalue weighted by atomic mass is 19.4. The molecule has 0 aliphatic carbocycles. The number of nitrogens with zero attached hydrogens (tertiary/aromatic N) is 1. The second-order valence-corrected chi connectivity index (χ2v) is 3.78. The molecule has 0 spiro atoms. The number of alkyl halides is 3. The molecule has 6 heteroatoms. The van der Waals surface area contributed by atoms with Crippen molar-refractivity contribution >= 4 is 22.7 Å². The van der Waals surface area contributed by atoms with Gasteiger partial charge < -0.3 is 4.98 Å². The second-order valence-electron chi connectivity index (χ2n) is 3.78. The van der Waals surface area contributed by atoms with Crippen LogP contribution in [0.1, 0.15) is 18.2 Å². The maximum atomic E-state index is 12.8. The molecule has 1 heterocycles. The molecule has 1 N–H and O–H groups in total. The van der Waals surface area contributed by atoms with Gasteiger partial charge in [0.25, 0.3) is 0 Å². The first-order valence-corrected chi connectivity index (χ1v) is 5.27. The predicted octanol–water partition coefficient (Wildman–Crippen LogP) is 3.72. The minimum Gasteiger partial charge on any atom is -0.349 e. The predicted molar refractivity (Wildman–Crippen MR) is 60.5 cm³/mol. The molecule has 0 saturated carbocycles. The Balaban J connectivity index is 2.80. The van der Waals surface area contributed by atoms with E-state index in [0.717, 1.165) is 5.56 Å². The Hall–Kier alpha value is -2.07. The van der Waals surface area contributed by atoms with Gasteiger partial charge in [0.1, 0.15) is 11.4 Å². The van der Waals surface area contributed by atoms with Gasteiger partial charge in [-0.15, -0.1) is 0 Å². The topological polar surface area (TPSA) is 45.2 Å². The Labute approximate surface area is 100 Å². The first-order valence-electron chi connectivity index (χ1n) is 5.27. The van der Waals surface area contributed by atoms with Crippen LogP contribution in [-0.2, 0) is 17.4 Å². The van der Waals surface area contributed by atoms with E-state index in [9.17, 15) is 18.0 Å². The van der Waals surface area contributed by atoms with Gasteiger partial charge in [-0.25, -0.2) is 4.79 Å². The largest absolute Gasteiger partial charge is 0.433 e. The molecule has 0 aliphatic rings. The van der Waals surface area contributed by atoms with Crippen molar-refractivity contribution in [1.82, 2.24) is 4.98 Å². The Bertz CT molecular complexity index is 637. The zero-order valence-electron chi connectivity index (χ0n) is 9.43. The fraction of sp³-hybridized carbons (Fsp3) is 0.250. The quantitative estimate of drug-likeness (QED) is 0.644. The van der Waals surface area contributed by atoms with Crippen LogP contribution in [0, 0.1) is 0 Å². The normalized spacial score (nSPS) is 11.6. The zero-order valence-corrected chi connectivity index (χ0v) is 9.43. The number of aromatic nitrogens is 1. The number of fused-ring (bicyclic) bond motifs is 1. The molecular formula is C12H9F3N2O. The standard InChI is InChI=1S/C12H9F3N2O/c1-2-7-3-4-9-8(5-7)10(16-6-18)11(17-9)12(13,14)15/h3-5,17H,2H2,1H3. The minimum absolute atomic E-state index is 0.282. The van der Waals surface area contributed by atoms with E-state index < -0.39 is 17.6 Å². The SMILES string of the molecule is CCc1ccc2[nH]c(C(F)(F)F)c(N=C=O)c2c1. The Morgan fingerprint density at radius 2 is 2.11 bits per heavy atom. The lowest BCUT2D eigenvalue weighted by atomic mass is 10.1. The Morgan fingerprint density at radius 1 is 1.39 bits per heavy atom. The van der Waals surface area contributed by atoms with E-state index in [0.29, 0.717) is 11.9 Å². The van der Waals surface area contributed by atoms with Crippen molar-refractivity contribution in [3.63, 3.8) is 0 Å². The number of rotatable bonds is 2. The van der Waals surface area contributed by atoms with E-state index in [2.05, 4.69) is 9.98 Å². The average molecular weight is 254 g/mol. The number of aryl methyl sites for hydroxylation is 1. The van der Waals surface area contributed by atoms with Crippen LogP contribution < -0.4 is 0 Å². The average Bonchev–Trinajstić information content (AvgIpc) is 2.68. The molecule has 3 nitrogen and oxygen atoms in total. The van der Waals surface area contributed by atoms with Gasteiger partial charge in [0.2, 0.25) is 6.08 Å².